The molecule has 114 valence electrons. The molecule has 4 heteroatoms. The van der Waals surface area contributed by atoms with E-state index in [4.69, 9.17) is 23.2 Å². The van der Waals surface area contributed by atoms with E-state index in [1.807, 2.05) is 55.5 Å². The fraction of sp³-hybridized carbons (Fsp3) is 0.278. The van der Waals surface area contributed by atoms with Crippen molar-refractivity contribution in [2.24, 2.45) is 5.92 Å². The van der Waals surface area contributed by atoms with Crippen LogP contribution in [0.2, 0.25) is 10.0 Å². The maximum atomic E-state index is 12.4. The van der Waals surface area contributed by atoms with E-state index in [1.54, 1.807) is 0 Å². The van der Waals surface area contributed by atoms with Gasteiger partial charge < -0.3 is 5.32 Å². The van der Waals surface area contributed by atoms with Crippen molar-refractivity contribution in [1.82, 2.24) is 5.32 Å². The van der Waals surface area contributed by atoms with E-state index >= 15 is 0 Å². The Bertz CT molecular complexity index is 666. The third-order valence-electron chi connectivity index (χ3n) is 4.30. The molecule has 0 aromatic heterocycles. The molecule has 2 aromatic rings. The van der Waals surface area contributed by atoms with E-state index in [2.05, 4.69) is 5.32 Å². The number of carbonyl (C=O) groups is 1. The quantitative estimate of drug-likeness (QED) is 0.840. The SMILES string of the molecule is C[C@H]1C(=O)C[C@@H](c2ccc(Cl)cc2)N[C@@H]1c1ccc(Cl)cc1. The molecular formula is C18H17Cl2NO. The summed E-state index contributed by atoms with van der Waals surface area (Å²) in [6.45, 7) is 1.98. The molecular weight excluding hydrogens is 317 g/mol. The maximum absolute atomic E-state index is 12.4. The molecule has 0 saturated carbocycles. The summed E-state index contributed by atoms with van der Waals surface area (Å²) < 4.78 is 0. The second-order valence-electron chi connectivity index (χ2n) is 5.76. The molecule has 0 aliphatic carbocycles. The van der Waals surface area contributed by atoms with Gasteiger partial charge in [0.25, 0.3) is 0 Å². The van der Waals surface area contributed by atoms with E-state index in [1.165, 1.54) is 0 Å². The van der Waals surface area contributed by atoms with Gasteiger partial charge in [-0.25, -0.2) is 0 Å². The van der Waals surface area contributed by atoms with Crippen LogP contribution in [0, 0.1) is 5.92 Å². The van der Waals surface area contributed by atoms with Gasteiger partial charge in [0.2, 0.25) is 0 Å². The van der Waals surface area contributed by atoms with Crippen LogP contribution in [0.4, 0.5) is 0 Å². The third-order valence-corrected chi connectivity index (χ3v) is 4.80. The van der Waals surface area contributed by atoms with E-state index in [0.29, 0.717) is 16.5 Å². The molecule has 1 heterocycles. The predicted molar refractivity (Wildman–Crippen MR) is 90.3 cm³/mol. The Morgan fingerprint density at radius 2 is 1.41 bits per heavy atom. The standard InChI is InChI=1S/C18H17Cl2NO/c1-11-17(22)10-16(12-2-6-14(19)7-3-12)21-18(11)13-4-8-15(20)9-5-13/h2-9,11,16,18,21H,10H2,1H3/t11-,16-,18-/m0/s1. The zero-order valence-electron chi connectivity index (χ0n) is 12.2. The van der Waals surface area contributed by atoms with Crippen molar-refractivity contribution < 1.29 is 4.79 Å². The van der Waals surface area contributed by atoms with Gasteiger partial charge in [-0.2, -0.15) is 0 Å². The van der Waals surface area contributed by atoms with Crippen molar-refractivity contribution in [1.29, 1.82) is 0 Å². The highest BCUT2D eigenvalue weighted by Crippen LogP contribution is 2.35. The summed E-state index contributed by atoms with van der Waals surface area (Å²) in [7, 11) is 0. The molecule has 2 nitrogen and oxygen atoms in total. The highest BCUT2D eigenvalue weighted by Gasteiger charge is 2.34. The summed E-state index contributed by atoms with van der Waals surface area (Å²) in [4.78, 5) is 12.4. The molecule has 0 spiro atoms. The number of rotatable bonds is 2. The smallest absolute Gasteiger partial charge is 0.139 e. The molecule has 1 aliphatic rings. The van der Waals surface area contributed by atoms with Crippen LogP contribution in [0.25, 0.3) is 0 Å². The summed E-state index contributed by atoms with van der Waals surface area (Å²) in [5, 5.41) is 5.00. The number of carbonyl (C=O) groups excluding carboxylic acids is 1. The number of nitrogens with one attached hydrogen (secondary N) is 1. The van der Waals surface area contributed by atoms with E-state index < -0.39 is 0 Å². The topological polar surface area (TPSA) is 29.1 Å². The van der Waals surface area contributed by atoms with Crippen LogP contribution in [-0.4, -0.2) is 5.78 Å². The molecule has 1 saturated heterocycles. The van der Waals surface area contributed by atoms with Gasteiger partial charge in [-0.15, -0.1) is 0 Å². The number of hydrogen-bond donors (Lipinski definition) is 1. The fourth-order valence-corrected chi connectivity index (χ4v) is 3.21. The number of Topliss-reactive ketones (excluding diaryl/α,β-unsaturated/α-hetero) is 1. The molecule has 3 atom stereocenters. The van der Waals surface area contributed by atoms with Gasteiger partial charge in [0.05, 0.1) is 0 Å². The molecule has 2 aromatic carbocycles. The minimum atomic E-state index is -0.0512. The van der Waals surface area contributed by atoms with Gasteiger partial charge in [-0.05, 0) is 35.4 Å². The minimum Gasteiger partial charge on any atom is -0.302 e. The average molecular weight is 334 g/mol. The summed E-state index contributed by atoms with van der Waals surface area (Å²) in [6.07, 6.45) is 0.507. The first-order chi connectivity index (χ1) is 10.5. The highest BCUT2D eigenvalue weighted by molar-refractivity contribution is 6.30. The monoisotopic (exact) mass is 333 g/mol. The van der Waals surface area contributed by atoms with Crippen molar-refractivity contribution in [3.63, 3.8) is 0 Å². The Kier molecular flexibility index (Phi) is 4.53. The summed E-state index contributed by atoms with van der Waals surface area (Å²) >= 11 is 11.9. The molecule has 0 bridgehead atoms. The van der Waals surface area contributed by atoms with Crippen LogP contribution in [0.15, 0.2) is 48.5 Å². The number of hydrogen-bond acceptors (Lipinski definition) is 2. The lowest BCUT2D eigenvalue weighted by Crippen LogP contribution is -2.41. The second kappa shape index (κ2) is 6.41. The Morgan fingerprint density at radius 1 is 0.909 bits per heavy atom. The van der Waals surface area contributed by atoms with Crippen LogP contribution in [0.5, 0.6) is 0 Å². The van der Waals surface area contributed by atoms with Crippen LogP contribution in [0.3, 0.4) is 0 Å². The summed E-state index contributed by atoms with van der Waals surface area (Å²) in [5.41, 5.74) is 2.17. The van der Waals surface area contributed by atoms with Gasteiger partial charge in [-0.3, -0.25) is 4.79 Å². The van der Waals surface area contributed by atoms with Crippen LogP contribution >= 0.6 is 23.2 Å². The Labute approximate surface area is 140 Å². The number of ketones is 1. The molecule has 1 fully saturated rings. The molecule has 0 radical (unpaired) electrons. The van der Waals surface area contributed by atoms with Crippen molar-refractivity contribution in [3.8, 4) is 0 Å². The van der Waals surface area contributed by atoms with Crippen LogP contribution in [0.1, 0.15) is 36.6 Å². The van der Waals surface area contributed by atoms with Crippen molar-refractivity contribution in [2.75, 3.05) is 0 Å². The normalized spacial score (nSPS) is 25.2. The Hall–Kier alpha value is -1.35. The molecule has 3 rings (SSSR count). The molecule has 1 N–H and O–H groups in total. The van der Waals surface area contributed by atoms with Gasteiger partial charge in [0.1, 0.15) is 5.78 Å². The first-order valence-electron chi connectivity index (χ1n) is 7.34. The molecule has 22 heavy (non-hydrogen) atoms. The number of piperidine rings is 1. The lowest BCUT2D eigenvalue weighted by Gasteiger charge is -2.35. The third kappa shape index (κ3) is 3.19. The summed E-state index contributed by atoms with van der Waals surface area (Å²) in [6, 6.07) is 15.4. The van der Waals surface area contributed by atoms with Gasteiger partial charge in [0, 0.05) is 34.5 Å². The first-order valence-corrected chi connectivity index (χ1v) is 8.10. The second-order valence-corrected chi connectivity index (χ2v) is 6.63. The van der Waals surface area contributed by atoms with Crippen molar-refractivity contribution in [3.05, 3.63) is 69.7 Å². The highest BCUT2D eigenvalue weighted by atomic mass is 35.5. The zero-order valence-corrected chi connectivity index (χ0v) is 13.7. The van der Waals surface area contributed by atoms with E-state index in [-0.39, 0.29) is 23.8 Å². The van der Waals surface area contributed by atoms with Gasteiger partial charge in [0.15, 0.2) is 0 Å². The Morgan fingerprint density at radius 3 is 1.95 bits per heavy atom. The Balaban J connectivity index is 1.88. The van der Waals surface area contributed by atoms with E-state index in [0.717, 1.165) is 11.1 Å². The first kappa shape index (κ1) is 15.5. The van der Waals surface area contributed by atoms with Crippen molar-refractivity contribution >= 4 is 29.0 Å². The number of benzene rings is 2. The maximum Gasteiger partial charge on any atom is 0.139 e. The van der Waals surface area contributed by atoms with Crippen LogP contribution in [-0.2, 0) is 4.79 Å². The largest absolute Gasteiger partial charge is 0.302 e. The van der Waals surface area contributed by atoms with Gasteiger partial charge in [-0.1, -0.05) is 54.4 Å². The number of halogens is 2. The predicted octanol–water partition coefficient (Wildman–Crippen LogP) is 4.97. The van der Waals surface area contributed by atoms with E-state index in [9.17, 15) is 4.79 Å². The molecule has 1 aliphatic heterocycles. The van der Waals surface area contributed by atoms with Crippen LogP contribution < -0.4 is 5.32 Å². The van der Waals surface area contributed by atoms with Crippen molar-refractivity contribution in [2.45, 2.75) is 25.4 Å². The molecule has 0 amide bonds. The van der Waals surface area contributed by atoms with Gasteiger partial charge >= 0.3 is 0 Å². The minimum absolute atomic E-state index is 0.000746. The molecule has 0 unspecified atom stereocenters. The fourth-order valence-electron chi connectivity index (χ4n) is 2.96. The summed E-state index contributed by atoms with van der Waals surface area (Å²) in [5.74, 6) is 0.225. The lowest BCUT2D eigenvalue weighted by atomic mass is 9.82. The lowest BCUT2D eigenvalue weighted by molar-refractivity contribution is -0.126. The zero-order chi connectivity index (χ0) is 15.7. The average Bonchev–Trinajstić information content (AvgIpc) is 2.52.